The highest BCUT2D eigenvalue weighted by Crippen LogP contribution is 2.15. The molecule has 0 bridgehead atoms. The quantitative estimate of drug-likeness (QED) is 0.707. The first kappa shape index (κ1) is 15.4. The van der Waals surface area contributed by atoms with Crippen LogP contribution in [0.15, 0.2) is 0 Å². The van der Waals surface area contributed by atoms with Crippen molar-refractivity contribution in [3.05, 3.63) is 0 Å². The van der Waals surface area contributed by atoms with Gasteiger partial charge in [-0.3, -0.25) is 4.79 Å². The molecule has 1 atom stereocenters. The minimum atomic E-state index is -0.658. The summed E-state index contributed by atoms with van der Waals surface area (Å²) >= 11 is 0. The van der Waals surface area contributed by atoms with Crippen molar-refractivity contribution in [2.45, 2.75) is 52.2 Å². The van der Waals surface area contributed by atoms with Gasteiger partial charge in [0.1, 0.15) is 5.54 Å². The second-order valence-electron chi connectivity index (χ2n) is 5.06. The van der Waals surface area contributed by atoms with Crippen molar-refractivity contribution in [3.8, 4) is 0 Å². The molecule has 0 rings (SSSR count). The van der Waals surface area contributed by atoms with Gasteiger partial charge in [0, 0.05) is 6.61 Å². The summed E-state index contributed by atoms with van der Waals surface area (Å²) in [6.45, 7) is 11.0. The third-order valence-electron chi connectivity index (χ3n) is 2.34. The van der Waals surface area contributed by atoms with E-state index in [1.165, 1.54) is 7.11 Å². The molecule has 0 spiro atoms. The van der Waals surface area contributed by atoms with Crippen LogP contribution < -0.4 is 5.32 Å². The summed E-state index contributed by atoms with van der Waals surface area (Å²) in [6.07, 6.45) is 0.602. The Morgan fingerprint density at radius 3 is 2.19 bits per heavy atom. The Hall–Kier alpha value is -0.610. The van der Waals surface area contributed by atoms with Gasteiger partial charge >= 0.3 is 5.97 Å². The molecule has 0 heterocycles. The molecule has 0 aromatic rings. The van der Waals surface area contributed by atoms with Crippen molar-refractivity contribution in [1.29, 1.82) is 0 Å². The van der Waals surface area contributed by atoms with Gasteiger partial charge in [-0.05, 0) is 40.7 Å². The predicted molar refractivity (Wildman–Crippen MR) is 64.4 cm³/mol. The number of carbonyl (C=O) groups excluding carboxylic acids is 1. The number of esters is 1. The molecule has 4 nitrogen and oxygen atoms in total. The van der Waals surface area contributed by atoms with E-state index in [9.17, 15) is 4.79 Å². The third kappa shape index (κ3) is 5.47. The van der Waals surface area contributed by atoms with Crippen LogP contribution in [0, 0.1) is 0 Å². The first-order valence-corrected chi connectivity index (χ1v) is 5.72. The number of likely N-dealkylation sites (N-methyl/N-ethyl adjacent to an activating group) is 1. The Morgan fingerprint density at radius 2 is 1.81 bits per heavy atom. The SMILES string of the molecule is CCNC(C)(CCOC(C)(C)C)C(=O)OC. The molecule has 4 heteroatoms. The lowest BCUT2D eigenvalue weighted by molar-refractivity contribution is -0.149. The second kappa shape index (κ2) is 6.21. The third-order valence-corrected chi connectivity index (χ3v) is 2.34. The van der Waals surface area contributed by atoms with Crippen LogP contribution in [0.5, 0.6) is 0 Å². The van der Waals surface area contributed by atoms with Crippen molar-refractivity contribution in [3.63, 3.8) is 0 Å². The van der Waals surface area contributed by atoms with Gasteiger partial charge in [-0.1, -0.05) is 6.92 Å². The lowest BCUT2D eigenvalue weighted by Gasteiger charge is -2.29. The van der Waals surface area contributed by atoms with Crippen LogP contribution in [0.4, 0.5) is 0 Å². The number of rotatable bonds is 6. The molecule has 0 saturated heterocycles. The molecule has 96 valence electrons. The molecule has 0 saturated carbocycles. The van der Waals surface area contributed by atoms with Crippen molar-refractivity contribution in [2.24, 2.45) is 0 Å². The van der Waals surface area contributed by atoms with E-state index in [4.69, 9.17) is 9.47 Å². The number of hydrogen-bond acceptors (Lipinski definition) is 4. The van der Waals surface area contributed by atoms with Crippen molar-refractivity contribution >= 4 is 5.97 Å². The maximum Gasteiger partial charge on any atom is 0.325 e. The molecule has 0 aromatic carbocycles. The zero-order valence-corrected chi connectivity index (χ0v) is 11.3. The van der Waals surface area contributed by atoms with Crippen LogP contribution >= 0.6 is 0 Å². The van der Waals surface area contributed by atoms with E-state index in [1.54, 1.807) is 0 Å². The smallest absolute Gasteiger partial charge is 0.325 e. The fourth-order valence-corrected chi connectivity index (χ4v) is 1.44. The Labute approximate surface area is 98.7 Å². The fourth-order valence-electron chi connectivity index (χ4n) is 1.44. The first-order chi connectivity index (χ1) is 7.25. The summed E-state index contributed by atoms with van der Waals surface area (Å²) in [5.74, 6) is -0.244. The molecule has 1 unspecified atom stereocenters. The average Bonchev–Trinajstić information content (AvgIpc) is 2.14. The highest BCUT2D eigenvalue weighted by atomic mass is 16.5. The van der Waals surface area contributed by atoms with Crippen LogP contribution in [0.1, 0.15) is 41.0 Å². The van der Waals surface area contributed by atoms with Gasteiger partial charge in [0.15, 0.2) is 0 Å². The van der Waals surface area contributed by atoms with Gasteiger partial charge in [-0.15, -0.1) is 0 Å². The normalized spacial score (nSPS) is 15.6. The van der Waals surface area contributed by atoms with Gasteiger partial charge in [-0.25, -0.2) is 0 Å². The maximum atomic E-state index is 11.6. The molecule has 0 fully saturated rings. The summed E-state index contributed by atoms with van der Waals surface area (Å²) < 4.78 is 10.4. The van der Waals surface area contributed by atoms with Crippen molar-refractivity contribution < 1.29 is 14.3 Å². The van der Waals surface area contributed by atoms with Gasteiger partial charge in [0.2, 0.25) is 0 Å². The molecule has 0 amide bonds. The zero-order valence-electron chi connectivity index (χ0n) is 11.3. The Kier molecular flexibility index (Phi) is 5.97. The predicted octanol–water partition coefficient (Wildman–Crippen LogP) is 1.73. The van der Waals surface area contributed by atoms with E-state index in [2.05, 4.69) is 5.32 Å². The highest BCUT2D eigenvalue weighted by Gasteiger charge is 2.33. The van der Waals surface area contributed by atoms with Crippen LogP contribution in [-0.2, 0) is 14.3 Å². The summed E-state index contributed by atoms with van der Waals surface area (Å²) in [5.41, 5.74) is -0.835. The lowest BCUT2D eigenvalue weighted by atomic mass is 9.98. The number of ether oxygens (including phenoxy) is 2. The number of methoxy groups -OCH3 is 1. The summed E-state index contributed by atoms with van der Waals surface area (Å²) in [7, 11) is 1.41. The average molecular weight is 231 g/mol. The van der Waals surface area contributed by atoms with E-state index < -0.39 is 5.54 Å². The zero-order chi connectivity index (χ0) is 12.8. The Morgan fingerprint density at radius 1 is 1.25 bits per heavy atom. The van der Waals surface area contributed by atoms with E-state index in [0.717, 1.165) is 6.54 Å². The first-order valence-electron chi connectivity index (χ1n) is 5.72. The molecule has 0 aromatic heterocycles. The Balaban J connectivity index is 4.28. The maximum absolute atomic E-state index is 11.6. The van der Waals surface area contributed by atoms with Crippen LogP contribution in [0.25, 0.3) is 0 Å². The van der Waals surface area contributed by atoms with Crippen LogP contribution in [-0.4, -0.2) is 37.4 Å². The number of nitrogens with one attached hydrogen (secondary N) is 1. The molecular formula is C12H25NO3. The van der Waals surface area contributed by atoms with E-state index in [0.29, 0.717) is 13.0 Å². The molecule has 0 aliphatic carbocycles. The molecule has 0 radical (unpaired) electrons. The number of carbonyl (C=O) groups is 1. The van der Waals surface area contributed by atoms with E-state index in [1.807, 2.05) is 34.6 Å². The van der Waals surface area contributed by atoms with Crippen molar-refractivity contribution in [1.82, 2.24) is 5.32 Å². The summed E-state index contributed by atoms with van der Waals surface area (Å²) in [6, 6.07) is 0. The van der Waals surface area contributed by atoms with Gasteiger partial charge in [0.25, 0.3) is 0 Å². The van der Waals surface area contributed by atoms with E-state index in [-0.39, 0.29) is 11.6 Å². The van der Waals surface area contributed by atoms with Crippen LogP contribution in [0.2, 0.25) is 0 Å². The van der Waals surface area contributed by atoms with Gasteiger partial charge in [-0.2, -0.15) is 0 Å². The molecule has 1 N–H and O–H groups in total. The largest absolute Gasteiger partial charge is 0.468 e. The minimum absolute atomic E-state index is 0.177. The van der Waals surface area contributed by atoms with Crippen molar-refractivity contribution in [2.75, 3.05) is 20.3 Å². The van der Waals surface area contributed by atoms with E-state index >= 15 is 0 Å². The standard InChI is InChI=1S/C12H25NO3/c1-7-13-12(5,10(14)15-6)8-9-16-11(2,3)4/h13H,7-9H2,1-6H3. The summed E-state index contributed by atoms with van der Waals surface area (Å²) in [4.78, 5) is 11.6. The lowest BCUT2D eigenvalue weighted by Crippen LogP contribution is -2.51. The van der Waals surface area contributed by atoms with Crippen LogP contribution in [0.3, 0.4) is 0 Å². The Bertz CT molecular complexity index is 223. The highest BCUT2D eigenvalue weighted by molar-refractivity contribution is 5.80. The topological polar surface area (TPSA) is 47.6 Å². The van der Waals surface area contributed by atoms with Gasteiger partial charge < -0.3 is 14.8 Å². The number of hydrogen-bond donors (Lipinski definition) is 1. The molecule has 16 heavy (non-hydrogen) atoms. The van der Waals surface area contributed by atoms with Gasteiger partial charge in [0.05, 0.1) is 12.7 Å². The monoisotopic (exact) mass is 231 g/mol. The minimum Gasteiger partial charge on any atom is -0.468 e. The second-order valence-corrected chi connectivity index (χ2v) is 5.06. The molecular weight excluding hydrogens is 206 g/mol. The molecule has 0 aliphatic heterocycles. The summed E-state index contributed by atoms with van der Waals surface area (Å²) in [5, 5.41) is 3.14. The fraction of sp³-hybridized carbons (Fsp3) is 0.917. The molecule has 0 aliphatic rings.